The fraction of sp³-hybridized carbons (Fsp3) is 0.133. The second-order valence-electron chi connectivity index (χ2n) is 4.83. The molecule has 0 aliphatic heterocycles. The van der Waals surface area contributed by atoms with E-state index in [1.54, 1.807) is 31.3 Å². The van der Waals surface area contributed by atoms with Crippen LogP contribution in [0.1, 0.15) is 5.56 Å². The molecule has 4 nitrogen and oxygen atoms in total. The smallest absolute Gasteiger partial charge is 0.318 e. The molecule has 8 heteroatoms. The normalized spacial score (nSPS) is 11.7. The molecule has 0 aliphatic carbocycles. The van der Waals surface area contributed by atoms with E-state index in [-0.39, 0.29) is 5.69 Å². The summed E-state index contributed by atoms with van der Waals surface area (Å²) in [5, 5.41) is 2.52. The van der Waals surface area contributed by atoms with Crippen molar-refractivity contribution >= 4 is 33.3 Å². The number of nitrogens with zero attached hydrogens (tertiary/aromatic N) is 2. The molecule has 0 saturated heterocycles. The van der Waals surface area contributed by atoms with Crippen molar-refractivity contribution in [3.05, 3.63) is 42.1 Å². The van der Waals surface area contributed by atoms with Crippen LogP contribution < -0.4 is 5.32 Å². The first-order valence-corrected chi connectivity index (χ1v) is 7.37. The minimum absolute atomic E-state index is 0.108. The topological polar surface area (TPSA) is 54.9 Å². The van der Waals surface area contributed by atoms with Gasteiger partial charge in [0.15, 0.2) is 0 Å². The minimum atomic E-state index is -4.93. The third kappa shape index (κ3) is 3.16. The standard InChI is InChI=1S/C15H10F3N3OS/c1-8-4-5-9(7-11(8)21-14(22)15(16,17)18)12-20-10-3-2-6-19-13(10)23-12/h2-7H,1H3,(H,21,22). The molecule has 0 unspecified atom stereocenters. The van der Waals surface area contributed by atoms with E-state index in [0.29, 0.717) is 21.7 Å². The Bertz CT molecular complexity index is 856. The number of rotatable bonds is 2. The number of fused-ring (bicyclic) bond motifs is 1. The van der Waals surface area contributed by atoms with Crippen molar-refractivity contribution in [1.29, 1.82) is 0 Å². The molecule has 2 heterocycles. The van der Waals surface area contributed by atoms with Gasteiger partial charge in [-0.25, -0.2) is 9.97 Å². The highest BCUT2D eigenvalue weighted by atomic mass is 32.1. The summed E-state index contributed by atoms with van der Waals surface area (Å²) in [5.41, 5.74) is 1.98. The monoisotopic (exact) mass is 337 g/mol. The molecule has 23 heavy (non-hydrogen) atoms. The van der Waals surface area contributed by atoms with Gasteiger partial charge in [-0.05, 0) is 30.7 Å². The Morgan fingerprint density at radius 3 is 2.74 bits per heavy atom. The summed E-state index contributed by atoms with van der Waals surface area (Å²) in [7, 11) is 0. The van der Waals surface area contributed by atoms with E-state index in [2.05, 4.69) is 9.97 Å². The summed E-state index contributed by atoms with van der Waals surface area (Å²) in [4.78, 5) is 20.4. The van der Waals surface area contributed by atoms with Gasteiger partial charge in [-0.3, -0.25) is 4.79 Å². The number of thiazole rings is 1. The fourth-order valence-corrected chi connectivity index (χ4v) is 2.88. The van der Waals surface area contributed by atoms with E-state index in [1.807, 2.05) is 11.4 Å². The van der Waals surface area contributed by atoms with Crippen molar-refractivity contribution in [2.45, 2.75) is 13.1 Å². The molecule has 1 amide bonds. The molecule has 3 rings (SSSR count). The maximum Gasteiger partial charge on any atom is 0.471 e. The highest BCUT2D eigenvalue weighted by Crippen LogP contribution is 2.31. The van der Waals surface area contributed by atoms with Gasteiger partial charge in [0.2, 0.25) is 0 Å². The zero-order chi connectivity index (χ0) is 16.6. The zero-order valence-electron chi connectivity index (χ0n) is 11.8. The predicted molar refractivity (Wildman–Crippen MR) is 82.3 cm³/mol. The van der Waals surface area contributed by atoms with Crippen LogP contribution in [0.25, 0.3) is 20.9 Å². The third-order valence-electron chi connectivity index (χ3n) is 3.16. The van der Waals surface area contributed by atoms with Crippen LogP contribution in [0.3, 0.4) is 0 Å². The van der Waals surface area contributed by atoms with E-state index < -0.39 is 12.1 Å². The van der Waals surface area contributed by atoms with Gasteiger partial charge >= 0.3 is 12.1 Å². The molecule has 0 atom stereocenters. The number of aryl methyl sites for hydroxylation is 1. The number of aromatic nitrogens is 2. The number of pyridine rings is 1. The Labute approximate surface area is 133 Å². The minimum Gasteiger partial charge on any atom is -0.318 e. The van der Waals surface area contributed by atoms with E-state index >= 15 is 0 Å². The van der Waals surface area contributed by atoms with Crippen molar-refractivity contribution < 1.29 is 18.0 Å². The van der Waals surface area contributed by atoms with Crippen LogP contribution in [0.15, 0.2) is 36.5 Å². The van der Waals surface area contributed by atoms with Gasteiger partial charge in [0, 0.05) is 17.4 Å². The first kappa shape index (κ1) is 15.4. The van der Waals surface area contributed by atoms with Crippen molar-refractivity contribution in [2.75, 3.05) is 5.32 Å². The molecule has 0 aliphatic rings. The predicted octanol–water partition coefficient (Wildman–Crippen LogP) is 4.17. The van der Waals surface area contributed by atoms with Gasteiger partial charge in [-0.1, -0.05) is 23.5 Å². The maximum absolute atomic E-state index is 12.4. The van der Waals surface area contributed by atoms with E-state index in [9.17, 15) is 18.0 Å². The lowest BCUT2D eigenvalue weighted by atomic mass is 10.1. The van der Waals surface area contributed by atoms with E-state index in [1.165, 1.54) is 17.4 Å². The average molecular weight is 337 g/mol. The van der Waals surface area contributed by atoms with Crippen LogP contribution in [0.2, 0.25) is 0 Å². The Morgan fingerprint density at radius 2 is 2.04 bits per heavy atom. The number of carbonyl (C=O) groups excluding carboxylic acids is 1. The molecule has 3 aromatic rings. The fourth-order valence-electron chi connectivity index (χ4n) is 1.98. The summed E-state index contributed by atoms with van der Waals surface area (Å²) < 4.78 is 37.2. The first-order valence-electron chi connectivity index (χ1n) is 6.55. The molecular formula is C15H10F3N3OS. The highest BCUT2D eigenvalue weighted by molar-refractivity contribution is 7.21. The van der Waals surface area contributed by atoms with Gasteiger partial charge < -0.3 is 5.32 Å². The summed E-state index contributed by atoms with van der Waals surface area (Å²) in [6, 6.07) is 8.44. The molecule has 0 fully saturated rings. The second kappa shape index (κ2) is 5.62. The number of halogens is 3. The van der Waals surface area contributed by atoms with Gasteiger partial charge in [0.1, 0.15) is 15.4 Å². The number of nitrogens with one attached hydrogen (secondary N) is 1. The number of amides is 1. The lowest BCUT2D eigenvalue weighted by molar-refractivity contribution is -0.167. The molecule has 1 N–H and O–H groups in total. The van der Waals surface area contributed by atoms with Crippen LogP contribution >= 0.6 is 11.3 Å². The van der Waals surface area contributed by atoms with Crippen LogP contribution in [0.4, 0.5) is 18.9 Å². The van der Waals surface area contributed by atoms with Gasteiger partial charge in [-0.2, -0.15) is 13.2 Å². The largest absolute Gasteiger partial charge is 0.471 e. The number of hydrogen-bond donors (Lipinski definition) is 1. The SMILES string of the molecule is Cc1ccc(-c2nc3cccnc3s2)cc1NC(=O)C(F)(F)F. The van der Waals surface area contributed by atoms with Gasteiger partial charge in [-0.15, -0.1) is 0 Å². The van der Waals surface area contributed by atoms with Gasteiger partial charge in [0.25, 0.3) is 0 Å². The lowest BCUT2D eigenvalue weighted by Crippen LogP contribution is -2.30. The van der Waals surface area contributed by atoms with Gasteiger partial charge in [0.05, 0.1) is 0 Å². The van der Waals surface area contributed by atoms with Crippen molar-refractivity contribution in [2.24, 2.45) is 0 Å². The lowest BCUT2D eigenvalue weighted by Gasteiger charge is -2.11. The molecule has 1 aromatic carbocycles. The van der Waals surface area contributed by atoms with Crippen LogP contribution in [-0.2, 0) is 4.79 Å². The first-order chi connectivity index (χ1) is 10.8. The molecular weight excluding hydrogens is 327 g/mol. The molecule has 0 spiro atoms. The zero-order valence-corrected chi connectivity index (χ0v) is 12.6. The van der Waals surface area contributed by atoms with E-state index in [4.69, 9.17) is 0 Å². The maximum atomic E-state index is 12.4. The quantitative estimate of drug-likeness (QED) is 0.764. The average Bonchev–Trinajstić information content (AvgIpc) is 2.92. The molecule has 0 saturated carbocycles. The number of hydrogen-bond acceptors (Lipinski definition) is 4. The number of anilines is 1. The summed E-state index contributed by atoms with van der Waals surface area (Å²) >= 11 is 1.33. The van der Waals surface area contributed by atoms with Crippen molar-refractivity contribution in [3.63, 3.8) is 0 Å². The Kier molecular flexibility index (Phi) is 3.77. The number of benzene rings is 1. The van der Waals surface area contributed by atoms with Crippen molar-refractivity contribution in [3.8, 4) is 10.6 Å². The van der Waals surface area contributed by atoms with Crippen LogP contribution in [0, 0.1) is 6.92 Å². The molecule has 2 aromatic heterocycles. The van der Waals surface area contributed by atoms with Crippen LogP contribution in [0.5, 0.6) is 0 Å². The Hall–Kier alpha value is -2.48. The highest BCUT2D eigenvalue weighted by Gasteiger charge is 2.38. The summed E-state index contributed by atoms with van der Waals surface area (Å²) in [5.74, 6) is -2.00. The summed E-state index contributed by atoms with van der Waals surface area (Å²) in [6.45, 7) is 1.62. The second-order valence-corrected chi connectivity index (χ2v) is 5.81. The van der Waals surface area contributed by atoms with E-state index in [0.717, 1.165) is 4.83 Å². The molecule has 0 radical (unpaired) electrons. The number of carbonyl (C=O) groups is 1. The molecule has 118 valence electrons. The molecule has 0 bridgehead atoms. The Morgan fingerprint density at radius 1 is 1.26 bits per heavy atom. The Balaban J connectivity index is 1.98. The van der Waals surface area contributed by atoms with Crippen molar-refractivity contribution in [1.82, 2.24) is 9.97 Å². The summed E-state index contributed by atoms with van der Waals surface area (Å²) in [6.07, 6.45) is -3.28. The van der Waals surface area contributed by atoms with Crippen LogP contribution in [-0.4, -0.2) is 22.1 Å². The third-order valence-corrected chi connectivity index (χ3v) is 4.18. The number of alkyl halides is 3.